The third-order valence-corrected chi connectivity index (χ3v) is 4.29. The van der Waals surface area contributed by atoms with Crippen LogP contribution in [0.3, 0.4) is 0 Å². The molecule has 2 aliphatic heterocycles. The smallest absolute Gasteiger partial charge is 0.0879 e. The van der Waals surface area contributed by atoms with Gasteiger partial charge in [0.2, 0.25) is 0 Å². The highest BCUT2D eigenvalue weighted by molar-refractivity contribution is 7.94. The molecule has 3 unspecified atom stereocenters. The molecule has 0 saturated carbocycles. The molecule has 3 heteroatoms. The average Bonchev–Trinajstić information content (AvgIpc) is 3.03. The summed E-state index contributed by atoms with van der Waals surface area (Å²) in [6, 6.07) is 0. The number of hydrogen-bond acceptors (Lipinski definition) is 3. The van der Waals surface area contributed by atoms with Crippen molar-refractivity contribution in [2.75, 3.05) is 12.4 Å². The van der Waals surface area contributed by atoms with Gasteiger partial charge in [0.15, 0.2) is 0 Å². The van der Waals surface area contributed by atoms with Crippen molar-refractivity contribution in [3.8, 4) is 0 Å². The molecule has 2 aliphatic rings. The molecule has 0 aromatic carbocycles. The van der Waals surface area contributed by atoms with Gasteiger partial charge in [-0.15, -0.1) is 0 Å². The van der Waals surface area contributed by atoms with Gasteiger partial charge in [-0.1, -0.05) is 18.1 Å². The van der Waals surface area contributed by atoms with Gasteiger partial charge in [0.05, 0.1) is 18.8 Å². The van der Waals surface area contributed by atoms with Crippen molar-refractivity contribution in [3.63, 3.8) is 0 Å². The Morgan fingerprint density at radius 1 is 1.29 bits per heavy atom. The maximum atomic E-state index is 5.85. The number of epoxide rings is 1. The second-order valence-corrected chi connectivity index (χ2v) is 6.22. The van der Waals surface area contributed by atoms with Crippen LogP contribution in [0.4, 0.5) is 0 Å². The van der Waals surface area contributed by atoms with E-state index in [0.29, 0.717) is 12.2 Å². The van der Waals surface area contributed by atoms with E-state index in [1.807, 2.05) is 0 Å². The molecule has 2 rings (SSSR count). The van der Waals surface area contributed by atoms with Crippen LogP contribution in [0.25, 0.3) is 0 Å². The Balaban J connectivity index is 1.75. The molecule has 98 valence electrons. The molecule has 3 atom stereocenters. The summed E-state index contributed by atoms with van der Waals surface area (Å²) < 4.78 is 11.3. The van der Waals surface area contributed by atoms with Gasteiger partial charge in [-0.05, 0) is 57.5 Å². The fourth-order valence-electron chi connectivity index (χ4n) is 2.47. The van der Waals surface area contributed by atoms with Crippen LogP contribution in [0.15, 0.2) is 11.6 Å². The van der Waals surface area contributed by atoms with E-state index < -0.39 is 0 Å². The van der Waals surface area contributed by atoms with E-state index in [1.54, 1.807) is 12.0 Å². The predicted molar refractivity (Wildman–Crippen MR) is 73.1 cm³/mol. The van der Waals surface area contributed by atoms with Crippen LogP contribution in [0.2, 0.25) is 0 Å². The summed E-state index contributed by atoms with van der Waals surface area (Å²) in [7, 11) is 0. The maximum Gasteiger partial charge on any atom is 0.0879 e. The third kappa shape index (κ3) is 4.65. The van der Waals surface area contributed by atoms with E-state index in [4.69, 9.17) is 8.92 Å². The first-order valence-corrected chi connectivity index (χ1v) is 7.71. The number of allylic oxidation sites excluding steroid dienone is 1. The summed E-state index contributed by atoms with van der Waals surface area (Å²) in [5, 5.41) is 0. The second-order valence-electron chi connectivity index (χ2n) is 5.34. The van der Waals surface area contributed by atoms with Crippen molar-refractivity contribution in [1.29, 1.82) is 0 Å². The molecule has 0 aromatic rings. The van der Waals surface area contributed by atoms with Gasteiger partial charge in [-0.25, -0.2) is 0 Å². The lowest BCUT2D eigenvalue weighted by molar-refractivity contribution is 0.293. The highest BCUT2D eigenvalue weighted by atomic mass is 32.2. The van der Waals surface area contributed by atoms with E-state index in [-0.39, 0.29) is 0 Å². The summed E-state index contributed by atoms with van der Waals surface area (Å²) in [6.45, 7) is 5.24. The molecule has 0 amide bonds. The molecule has 0 bridgehead atoms. The lowest BCUT2D eigenvalue weighted by Gasteiger charge is -2.11. The molecule has 2 saturated heterocycles. The van der Waals surface area contributed by atoms with Gasteiger partial charge in [-0.3, -0.25) is 0 Å². The molecule has 0 spiro atoms. The molecule has 2 heterocycles. The molecular weight excluding hydrogens is 232 g/mol. The van der Waals surface area contributed by atoms with E-state index in [1.165, 1.54) is 31.3 Å². The minimum Gasteiger partial charge on any atom is -0.369 e. The van der Waals surface area contributed by atoms with Gasteiger partial charge in [-0.2, -0.15) is 0 Å². The quantitative estimate of drug-likeness (QED) is 0.433. The molecule has 0 aromatic heterocycles. The Morgan fingerprint density at radius 3 is 3.00 bits per heavy atom. The van der Waals surface area contributed by atoms with Crippen molar-refractivity contribution < 1.29 is 8.92 Å². The van der Waals surface area contributed by atoms with Crippen molar-refractivity contribution in [2.24, 2.45) is 5.92 Å². The summed E-state index contributed by atoms with van der Waals surface area (Å²) in [6.07, 6.45) is 9.51. The molecule has 0 radical (unpaired) electrons. The lowest BCUT2D eigenvalue weighted by atomic mass is 9.93. The van der Waals surface area contributed by atoms with Crippen LogP contribution >= 0.6 is 12.0 Å². The fraction of sp³-hybridized carbons (Fsp3) is 0.857. The van der Waals surface area contributed by atoms with Gasteiger partial charge in [0, 0.05) is 5.75 Å². The van der Waals surface area contributed by atoms with Crippen molar-refractivity contribution >= 4 is 12.0 Å². The fourth-order valence-corrected chi connectivity index (χ4v) is 3.22. The first-order valence-electron chi connectivity index (χ1n) is 6.80. The lowest BCUT2D eigenvalue weighted by Crippen LogP contribution is -2.12. The van der Waals surface area contributed by atoms with Crippen molar-refractivity contribution in [2.45, 2.75) is 58.2 Å². The highest BCUT2D eigenvalue weighted by Gasteiger charge is 2.43. The van der Waals surface area contributed by atoms with Crippen molar-refractivity contribution in [1.82, 2.24) is 0 Å². The number of rotatable bonds is 3. The van der Waals surface area contributed by atoms with E-state index in [9.17, 15) is 0 Å². The van der Waals surface area contributed by atoms with Crippen LogP contribution in [0.5, 0.6) is 0 Å². The molecule has 0 aliphatic carbocycles. The Labute approximate surface area is 109 Å². The van der Waals surface area contributed by atoms with Gasteiger partial charge in [0.25, 0.3) is 0 Å². The molecular formula is C14H24O2S. The molecule has 2 nitrogen and oxygen atoms in total. The zero-order valence-electron chi connectivity index (χ0n) is 11.0. The summed E-state index contributed by atoms with van der Waals surface area (Å²) >= 11 is 1.64. The average molecular weight is 256 g/mol. The Kier molecular flexibility index (Phi) is 5.39. The van der Waals surface area contributed by atoms with Gasteiger partial charge in [0.1, 0.15) is 0 Å². The Hall–Kier alpha value is 0.0100. The minimum absolute atomic E-state index is 0.501. The zero-order valence-corrected chi connectivity index (χ0v) is 11.8. The summed E-state index contributed by atoms with van der Waals surface area (Å²) in [4.78, 5) is 0. The predicted octanol–water partition coefficient (Wildman–Crippen LogP) is 3.97. The second kappa shape index (κ2) is 6.81. The standard InChI is InChI=1S/C14H24O2S/c1-11(2)6-7-13-14(16-13)12-5-3-4-9-15-17-10-8-12/h6,12-14H,3-5,7-10H2,1-2H3. The number of hydrogen-bond donors (Lipinski definition) is 0. The topological polar surface area (TPSA) is 21.8 Å². The SMILES string of the molecule is CC(C)=CCC1OC1C1CCCCOSCC1. The van der Waals surface area contributed by atoms with E-state index in [0.717, 1.165) is 24.7 Å². The normalized spacial score (nSPS) is 34.4. The van der Waals surface area contributed by atoms with Crippen LogP contribution in [0, 0.1) is 5.92 Å². The van der Waals surface area contributed by atoms with Gasteiger partial charge < -0.3 is 8.92 Å². The Bertz CT molecular complexity index is 251. The largest absolute Gasteiger partial charge is 0.369 e. The van der Waals surface area contributed by atoms with Crippen LogP contribution in [-0.4, -0.2) is 24.6 Å². The first-order chi connectivity index (χ1) is 8.27. The van der Waals surface area contributed by atoms with Crippen LogP contribution in [0.1, 0.15) is 46.0 Å². The molecule has 17 heavy (non-hydrogen) atoms. The highest BCUT2D eigenvalue weighted by Crippen LogP contribution is 2.38. The maximum absolute atomic E-state index is 5.85. The minimum atomic E-state index is 0.501. The first kappa shape index (κ1) is 13.4. The molecule has 2 fully saturated rings. The Morgan fingerprint density at radius 2 is 2.18 bits per heavy atom. The van der Waals surface area contributed by atoms with Crippen LogP contribution < -0.4 is 0 Å². The third-order valence-electron chi connectivity index (χ3n) is 3.55. The molecule has 0 N–H and O–H groups in total. The van der Waals surface area contributed by atoms with Gasteiger partial charge >= 0.3 is 0 Å². The van der Waals surface area contributed by atoms with E-state index >= 15 is 0 Å². The summed E-state index contributed by atoms with van der Waals surface area (Å²) in [5.41, 5.74) is 1.40. The number of ether oxygens (including phenoxy) is 1. The zero-order chi connectivity index (χ0) is 12.1. The van der Waals surface area contributed by atoms with Crippen molar-refractivity contribution in [3.05, 3.63) is 11.6 Å². The van der Waals surface area contributed by atoms with Crippen LogP contribution in [-0.2, 0) is 8.92 Å². The monoisotopic (exact) mass is 256 g/mol. The summed E-state index contributed by atoms with van der Waals surface area (Å²) in [5.74, 6) is 1.89. The van der Waals surface area contributed by atoms with E-state index in [2.05, 4.69) is 19.9 Å².